The predicted octanol–water partition coefficient (Wildman–Crippen LogP) is 5.09. The van der Waals surface area contributed by atoms with Gasteiger partial charge in [-0.05, 0) is 54.8 Å². The smallest absolute Gasteiger partial charge is 0.295 e. The molecule has 0 aliphatic carbocycles. The van der Waals surface area contributed by atoms with Crippen molar-refractivity contribution in [2.24, 2.45) is 0 Å². The van der Waals surface area contributed by atoms with Crippen LogP contribution in [0, 0.1) is 0 Å². The van der Waals surface area contributed by atoms with Crippen LogP contribution in [0.3, 0.4) is 0 Å². The first-order chi connectivity index (χ1) is 16.4. The van der Waals surface area contributed by atoms with Crippen LogP contribution in [0.4, 0.5) is 0 Å². The van der Waals surface area contributed by atoms with Crippen LogP contribution in [-0.4, -0.2) is 48.1 Å². The van der Waals surface area contributed by atoms with Crippen molar-refractivity contribution in [2.45, 2.75) is 32.4 Å². The van der Waals surface area contributed by atoms with Gasteiger partial charge in [0.25, 0.3) is 11.7 Å². The van der Waals surface area contributed by atoms with Crippen LogP contribution in [0.5, 0.6) is 5.75 Å². The Kier molecular flexibility index (Phi) is 6.98. The molecule has 1 heterocycles. The highest BCUT2D eigenvalue weighted by molar-refractivity contribution is 6.46. The Hall–Kier alpha value is -3.64. The summed E-state index contributed by atoms with van der Waals surface area (Å²) < 4.78 is 11.0. The highest BCUT2D eigenvalue weighted by Crippen LogP contribution is 2.40. The number of benzene rings is 3. The fourth-order valence-electron chi connectivity index (χ4n) is 4.36. The molecule has 176 valence electrons. The van der Waals surface area contributed by atoms with Gasteiger partial charge in [-0.3, -0.25) is 9.59 Å². The molecule has 0 spiro atoms. The van der Waals surface area contributed by atoms with E-state index in [1.807, 2.05) is 74.5 Å². The number of nitrogens with zero attached hydrogens (tertiary/aromatic N) is 1. The van der Waals surface area contributed by atoms with Gasteiger partial charge in [-0.25, -0.2) is 0 Å². The molecule has 6 heteroatoms. The standard InChI is InChI=1S/C28H29NO5/c1-18(2)34-23-11-6-10-21(17-23)25-24(27(31)28(32)29(25)14-7-15-33-3)26(30)22-13-12-19-8-4-5-9-20(19)16-22/h4-6,8-13,16-18,25,30H,7,14-15H2,1-3H3/b26-24-. The third-order valence-corrected chi connectivity index (χ3v) is 5.86. The van der Waals surface area contributed by atoms with Crippen molar-refractivity contribution in [1.29, 1.82) is 0 Å². The SMILES string of the molecule is COCCCN1C(=O)C(=O)/C(=C(\O)c2ccc3ccccc3c2)C1c1cccc(OC(C)C)c1. The zero-order valence-corrected chi connectivity index (χ0v) is 19.7. The first-order valence-electron chi connectivity index (χ1n) is 11.4. The molecule has 1 atom stereocenters. The van der Waals surface area contributed by atoms with Gasteiger partial charge in [-0.2, -0.15) is 0 Å². The summed E-state index contributed by atoms with van der Waals surface area (Å²) in [5.74, 6) is -0.860. The van der Waals surface area contributed by atoms with Crippen LogP contribution in [0.1, 0.15) is 37.4 Å². The monoisotopic (exact) mass is 459 g/mol. The molecule has 0 saturated carbocycles. The normalized spacial score (nSPS) is 17.6. The fourth-order valence-corrected chi connectivity index (χ4v) is 4.36. The molecule has 0 aromatic heterocycles. The van der Waals surface area contributed by atoms with Gasteiger partial charge in [0.15, 0.2) is 0 Å². The van der Waals surface area contributed by atoms with E-state index in [1.165, 1.54) is 4.90 Å². The fraction of sp³-hybridized carbons (Fsp3) is 0.286. The number of ether oxygens (including phenoxy) is 2. The number of rotatable bonds is 8. The Morgan fingerprint density at radius 2 is 1.76 bits per heavy atom. The zero-order chi connectivity index (χ0) is 24.2. The molecule has 4 rings (SSSR count). The Morgan fingerprint density at radius 3 is 2.50 bits per heavy atom. The van der Waals surface area contributed by atoms with Crippen LogP contribution in [0.25, 0.3) is 16.5 Å². The summed E-state index contributed by atoms with van der Waals surface area (Å²) in [6.07, 6.45) is 0.541. The largest absolute Gasteiger partial charge is 0.507 e. The van der Waals surface area contributed by atoms with Crippen molar-refractivity contribution >= 4 is 28.2 Å². The summed E-state index contributed by atoms with van der Waals surface area (Å²) in [7, 11) is 1.60. The van der Waals surface area contributed by atoms with Crippen molar-refractivity contribution in [3.63, 3.8) is 0 Å². The highest BCUT2D eigenvalue weighted by Gasteiger charge is 2.45. The summed E-state index contributed by atoms with van der Waals surface area (Å²) in [5, 5.41) is 13.3. The average molecular weight is 460 g/mol. The number of methoxy groups -OCH3 is 1. The van der Waals surface area contributed by atoms with E-state index in [0.717, 1.165) is 10.8 Å². The Balaban J connectivity index is 1.84. The van der Waals surface area contributed by atoms with Crippen LogP contribution in [0.15, 0.2) is 72.3 Å². The van der Waals surface area contributed by atoms with Crippen molar-refractivity contribution in [3.8, 4) is 5.75 Å². The predicted molar refractivity (Wildman–Crippen MR) is 132 cm³/mol. The van der Waals surface area contributed by atoms with Gasteiger partial charge < -0.3 is 19.5 Å². The molecule has 1 aliphatic rings. The number of Topliss-reactive ketones (excluding diaryl/α,β-unsaturated/α-hetero) is 1. The van der Waals surface area contributed by atoms with Crippen LogP contribution in [0.2, 0.25) is 0 Å². The first kappa shape index (κ1) is 23.5. The number of hydrogen-bond acceptors (Lipinski definition) is 5. The maximum atomic E-state index is 13.2. The van der Waals surface area contributed by atoms with Crippen LogP contribution < -0.4 is 4.74 Å². The minimum absolute atomic E-state index is 0.0269. The van der Waals surface area contributed by atoms with Gasteiger partial charge >= 0.3 is 0 Å². The average Bonchev–Trinajstić information content (AvgIpc) is 3.08. The van der Waals surface area contributed by atoms with E-state index in [1.54, 1.807) is 13.2 Å². The van der Waals surface area contributed by atoms with E-state index >= 15 is 0 Å². The van der Waals surface area contributed by atoms with E-state index in [2.05, 4.69) is 0 Å². The molecule has 3 aromatic rings. The minimum Gasteiger partial charge on any atom is -0.507 e. The Labute approximate surface area is 199 Å². The molecule has 1 saturated heterocycles. The lowest BCUT2D eigenvalue weighted by molar-refractivity contribution is -0.140. The maximum Gasteiger partial charge on any atom is 0.295 e. The lowest BCUT2D eigenvalue weighted by atomic mass is 9.94. The number of amides is 1. The topological polar surface area (TPSA) is 76.1 Å². The van der Waals surface area contributed by atoms with E-state index in [0.29, 0.717) is 36.4 Å². The first-order valence-corrected chi connectivity index (χ1v) is 11.4. The number of carbonyl (C=O) groups excluding carboxylic acids is 2. The quantitative estimate of drug-likeness (QED) is 0.220. The van der Waals surface area contributed by atoms with E-state index in [-0.39, 0.29) is 17.4 Å². The third-order valence-electron chi connectivity index (χ3n) is 5.86. The molecule has 1 fully saturated rings. The number of ketones is 1. The highest BCUT2D eigenvalue weighted by atomic mass is 16.5. The number of aliphatic hydroxyl groups excluding tert-OH is 1. The number of carbonyl (C=O) groups is 2. The second-order valence-corrected chi connectivity index (χ2v) is 8.64. The number of hydrogen-bond donors (Lipinski definition) is 1. The Morgan fingerprint density at radius 1 is 1.00 bits per heavy atom. The lowest BCUT2D eigenvalue weighted by Gasteiger charge is -2.26. The molecule has 6 nitrogen and oxygen atoms in total. The van der Waals surface area contributed by atoms with Crippen molar-refractivity contribution in [2.75, 3.05) is 20.3 Å². The zero-order valence-electron chi connectivity index (χ0n) is 19.7. The summed E-state index contributed by atoms with van der Waals surface area (Å²) in [6, 6.07) is 19.9. The van der Waals surface area contributed by atoms with Crippen LogP contribution >= 0.6 is 0 Å². The summed E-state index contributed by atoms with van der Waals surface area (Å²) in [6.45, 7) is 4.65. The molecule has 34 heavy (non-hydrogen) atoms. The molecule has 1 aliphatic heterocycles. The second-order valence-electron chi connectivity index (χ2n) is 8.64. The lowest BCUT2D eigenvalue weighted by Crippen LogP contribution is -2.31. The van der Waals surface area contributed by atoms with Crippen LogP contribution in [-0.2, 0) is 14.3 Å². The van der Waals surface area contributed by atoms with E-state index in [9.17, 15) is 14.7 Å². The number of aliphatic hydroxyl groups is 1. The Bertz CT molecular complexity index is 1250. The second kappa shape index (κ2) is 10.1. The molecule has 3 aromatic carbocycles. The molecular weight excluding hydrogens is 430 g/mol. The summed E-state index contributed by atoms with van der Waals surface area (Å²) >= 11 is 0. The molecule has 1 amide bonds. The van der Waals surface area contributed by atoms with E-state index < -0.39 is 17.7 Å². The molecular formula is C28H29NO5. The van der Waals surface area contributed by atoms with Gasteiger partial charge in [0.05, 0.1) is 17.7 Å². The number of likely N-dealkylation sites (tertiary alicyclic amines) is 1. The van der Waals surface area contributed by atoms with Gasteiger partial charge in [0, 0.05) is 25.8 Å². The number of fused-ring (bicyclic) bond motifs is 1. The summed E-state index contributed by atoms with van der Waals surface area (Å²) in [4.78, 5) is 27.8. The molecule has 0 bridgehead atoms. The van der Waals surface area contributed by atoms with Crippen molar-refractivity contribution in [3.05, 3.63) is 83.4 Å². The third kappa shape index (κ3) is 4.68. The maximum absolute atomic E-state index is 13.2. The summed E-state index contributed by atoms with van der Waals surface area (Å²) in [5.41, 5.74) is 1.28. The van der Waals surface area contributed by atoms with Gasteiger partial charge in [-0.1, -0.05) is 48.5 Å². The van der Waals surface area contributed by atoms with Gasteiger partial charge in [0.1, 0.15) is 11.5 Å². The minimum atomic E-state index is -0.723. The molecule has 1 unspecified atom stereocenters. The molecule has 0 radical (unpaired) electrons. The van der Waals surface area contributed by atoms with Crippen molar-refractivity contribution in [1.82, 2.24) is 4.90 Å². The van der Waals surface area contributed by atoms with Gasteiger partial charge in [-0.15, -0.1) is 0 Å². The van der Waals surface area contributed by atoms with Gasteiger partial charge in [0.2, 0.25) is 0 Å². The van der Waals surface area contributed by atoms with Crippen molar-refractivity contribution < 1.29 is 24.2 Å². The molecule has 1 N–H and O–H groups in total. The van der Waals surface area contributed by atoms with E-state index in [4.69, 9.17) is 9.47 Å².